The molecule has 0 atom stereocenters. The Bertz CT molecular complexity index is 1230. The van der Waals surface area contributed by atoms with Crippen LogP contribution in [-0.4, -0.2) is 40.3 Å². The highest BCUT2D eigenvalue weighted by molar-refractivity contribution is 6.00. The van der Waals surface area contributed by atoms with Crippen LogP contribution in [0, 0.1) is 0 Å². The van der Waals surface area contributed by atoms with Gasteiger partial charge in [0, 0.05) is 34.9 Å². The van der Waals surface area contributed by atoms with Crippen LogP contribution in [0.4, 0.5) is 0 Å². The summed E-state index contributed by atoms with van der Waals surface area (Å²) in [7, 11) is 1.38. The summed E-state index contributed by atoms with van der Waals surface area (Å²) in [5, 5.41) is 13.4. The number of H-pyrrole nitrogens is 2. The molecule has 1 saturated carbocycles. The Morgan fingerprint density at radius 3 is 2.77 bits per heavy atom. The lowest BCUT2D eigenvalue weighted by molar-refractivity contribution is 0.0601. The van der Waals surface area contributed by atoms with E-state index in [1.807, 2.05) is 6.07 Å². The van der Waals surface area contributed by atoms with Crippen LogP contribution in [0.3, 0.4) is 0 Å². The largest absolute Gasteiger partial charge is 0.465 e. The molecule has 31 heavy (non-hydrogen) atoms. The summed E-state index contributed by atoms with van der Waals surface area (Å²) >= 11 is 0. The van der Waals surface area contributed by atoms with E-state index in [9.17, 15) is 4.79 Å². The molecule has 5 rings (SSSR count). The van der Waals surface area contributed by atoms with Gasteiger partial charge in [0.25, 0.3) is 0 Å². The maximum atomic E-state index is 11.8. The Hall–Kier alpha value is -3.16. The third-order valence-electron chi connectivity index (χ3n) is 6.35. The standard InChI is InChI=1S/C24H27N5O2/c1-31-24(30)14-5-10-18-21(11-14)28-29-23(18)22-12-19-15(3-2-4-20(19)27-22)13-26-17-8-6-16(25)7-9-17/h2-5,10-12,16-17,26-27H,6-9,13,25H2,1H3,(H,28,29). The third-order valence-corrected chi connectivity index (χ3v) is 6.35. The molecular formula is C24H27N5O2. The summed E-state index contributed by atoms with van der Waals surface area (Å²) in [5.41, 5.74) is 11.5. The third kappa shape index (κ3) is 3.82. The van der Waals surface area contributed by atoms with Crippen molar-refractivity contribution in [2.45, 2.75) is 44.3 Å². The smallest absolute Gasteiger partial charge is 0.337 e. The SMILES string of the molecule is COC(=O)c1ccc2c(-c3cc4c(CNC5CCC(N)CC5)cccc4[nH]3)n[nH]c2c1. The van der Waals surface area contributed by atoms with Crippen molar-refractivity contribution in [1.82, 2.24) is 20.5 Å². The minimum Gasteiger partial charge on any atom is -0.465 e. The Morgan fingerprint density at radius 2 is 1.97 bits per heavy atom. The van der Waals surface area contributed by atoms with E-state index in [0.29, 0.717) is 17.6 Å². The Morgan fingerprint density at radius 1 is 1.13 bits per heavy atom. The van der Waals surface area contributed by atoms with Crippen LogP contribution in [0.15, 0.2) is 42.5 Å². The van der Waals surface area contributed by atoms with Crippen molar-refractivity contribution < 1.29 is 9.53 Å². The van der Waals surface area contributed by atoms with Crippen molar-refractivity contribution in [3.8, 4) is 11.4 Å². The Balaban J connectivity index is 1.42. The van der Waals surface area contributed by atoms with Gasteiger partial charge in [0.15, 0.2) is 0 Å². The number of aromatic nitrogens is 3. The van der Waals surface area contributed by atoms with Gasteiger partial charge in [0.05, 0.1) is 23.9 Å². The quantitative estimate of drug-likeness (QED) is 0.369. The highest BCUT2D eigenvalue weighted by Gasteiger charge is 2.19. The second kappa shape index (κ2) is 8.17. The van der Waals surface area contributed by atoms with E-state index in [1.54, 1.807) is 12.1 Å². The number of ether oxygens (including phenoxy) is 1. The van der Waals surface area contributed by atoms with Crippen molar-refractivity contribution in [1.29, 1.82) is 0 Å². The lowest BCUT2D eigenvalue weighted by atomic mass is 9.91. The van der Waals surface area contributed by atoms with Crippen LogP contribution in [0.25, 0.3) is 33.2 Å². The Labute approximate surface area is 180 Å². The molecule has 2 aromatic heterocycles. The fourth-order valence-corrected chi connectivity index (χ4v) is 4.55. The number of esters is 1. The fraction of sp³-hybridized carbons (Fsp3) is 0.333. The molecule has 1 fully saturated rings. The molecule has 2 aromatic carbocycles. The van der Waals surface area contributed by atoms with Crippen LogP contribution in [-0.2, 0) is 11.3 Å². The fourth-order valence-electron chi connectivity index (χ4n) is 4.55. The normalized spacial score (nSPS) is 19.2. The van der Waals surface area contributed by atoms with E-state index in [1.165, 1.54) is 18.1 Å². The van der Waals surface area contributed by atoms with Crippen molar-refractivity contribution in [2.75, 3.05) is 7.11 Å². The summed E-state index contributed by atoms with van der Waals surface area (Å²) in [4.78, 5) is 15.3. The Kier molecular flexibility index (Phi) is 5.21. The van der Waals surface area contributed by atoms with Crippen LogP contribution in [0.1, 0.15) is 41.6 Å². The molecular weight excluding hydrogens is 390 g/mol. The van der Waals surface area contributed by atoms with Gasteiger partial charge in [-0.05, 0) is 61.6 Å². The van der Waals surface area contributed by atoms with Crippen LogP contribution < -0.4 is 11.1 Å². The molecule has 1 aliphatic carbocycles. The number of hydrogen-bond acceptors (Lipinski definition) is 5. The molecule has 7 nitrogen and oxygen atoms in total. The van der Waals surface area contributed by atoms with Crippen molar-refractivity contribution in [3.05, 3.63) is 53.6 Å². The highest BCUT2D eigenvalue weighted by atomic mass is 16.5. The van der Waals surface area contributed by atoms with E-state index in [2.05, 4.69) is 44.8 Å². The van der Waals surface area contributed by atoms with E-state index in [4.69, 9.17) is 10.5 Å². The number of benzene rings is 2. The van der Waals surface area contributed by atoms with E-state index in [0.717, 1.165) is 60.0 Å². The van der Waals surface area contributed by atoms with Crippen molar-refractivity contribution in [2.24, 2.45) is 5.73 Å². The molecule has 0 aliphatic heterocycles. The molecule has 0 saturated heterocycles. The molecule has 0 unspecified atom stereocenters. The molecule has 0 amide bonds. The number of nitrogens with zero attached hydrogens (tertiary/aromatic N) is 1. The van der Waals surface area contributed by atoms with Gasteiger partial charge in [0.2, 0.25) is 0 Å². The maximum absolute atomic E-state index is 11.8. The van der Waals surface area contributed by atoms with E-state index in [-0.39, 0.29) is 5.97 Å². The van der Waals surface area contributed by atoms with Gasteiger partial charge in [-0.2, -0.15) is 5.10 Å². The molecule has 1 aliphatic rings. The van der Waals surface area contributed by atoms with Gasteiger partial charge < -0.3 is 20.8 Å². The summed E-state index contributed by atoms with van der Waals surface area (Å²) in [6.07, 6.45) is 4.48. The molecule has 2 heterocycles. The average Bonchev–Trinajstić information content (AvgIpc) is 3.41. The zero-order chi connectivity index (χ0) is 21.4. The van der Waals surface area contributed by atoms with E-state index < -0.39 is 0 Å². The lowest BCUT2D eigenvalue weighted by Crippen LogP contribution is -2.37. The maximum Gasteiger partial charge on any atom is 0.337 e. The van der Waals surface area contributed by atoms with Crippen LogP contribution in [0.2, 0.25) is 0 Å². The first-order valence-corrected chi connectivity index (χ1v) is 10.8. The number of carbonyl (C=O) groups is 1. The van der Waals surface area contributed by atoms with Crippen LogP contribution >= 0.6 is 0 Å². The number of carbonyl (C=O) groups excluding carboxylic acids is 1. The van der Waals surface area contributed by atoms with Crippen molar-refractivity contribution >= 4 is 27.8 Å². The summed E-state index contributed by atoms with van der Waals surface area (Å²) in [6.45, 7) is 0.832. The summed E-state index contributed by atoms with van der Waals surface area (Å²) in [5.74, 6) is -0.360. The average molecular weight is 418 g/mol. The molecule has 160 valence electrons. The van der Waals surface area contributed by atoms with Gasteiger partial charge in [0.1, 0.15) is 5.69 Å². The number of nitrogens with one attached hydrogen (secondary N) is 3. The molecule has 7 heteroatoms. The summed E-state index contributed by atoms with van der Waals surface area (Å²) in [6, 6.07) is 14.8. The molecule has 0 spiro atoms. The lowest BCUT2D eigenvalue weighted by Gasteiger charge is -2.27. The molecule has 0 radical (unpaired) electrons. The zero-order valence-corrected chi connectivity index (χ0v) is 17.6. The van der Waals surface area contributed by atoms with Gasteiger partial charge in [-0.1, -0.05) is 12.1 Å². The first-order chi connectivity index (χ1) is 15.1. The first kappa shape index (κ1) is 19.8. The number of methoxy groups -OCH3 is 1. The minimum absolute atomic E-state index is 0.360. The van der Waals surface area contributed by atoms with E-state index >= 15 is 0 Å². The predicted molar refractivity (Wildman–Crippen MR) is 122 cm³/mol. The second-order valence-corrected chi connectivity index (χ2v) is 8.38. The number of fused-ring (bicyclic) bond motifs is 2. The van der Waals surface area contributed by atoms with Gasteiger partial charge in [-0.3, -0.25) is 5.10 Å². The monoisotopic (exact) mass is 417 g/mol. The number of hydrogen-bond donors (Lipinski definition) is 4. The number of nitrogens with two attached hydrogens (primary N) is 1. The minimum atomic E-state index is -0.360. The first-order valence-electron chi connectivity index (χ1n) is 10.8. The predicted octanol–water partition coefficient (Wildman–Crippen LogP) is 3.86. The van der Waals surface area contributed by atoms with Gasteiger partial charge >= 0.3 is 5.97 Å². The molecule has 0 bridgehead atoms. The zero-order valence-electron chi connectivity index (χ0n) is 17.6. The second-order valence-electron chi connectivity index (χ2n) is 8.38. The number of rotatable bonds is 5. The van der Waals surface area contributed by atoms with Crippen LogP contribution in [0.5, 0.6) is 0 Å². The van der Waals surface area contributed by atoms with Crippen molar-refractivity contribution in [3.63, 3.8) is 0 Å². The van der Waals surface area contributed by atoms with Gasteiger partial charge in [-0.25, -0.2) is 4.79 Å². The molecule has 4 aromatic rings. The number of aromatic amines is 2. The molecule has 5 N–H and O–H groups in total. The topological polar surface area (TPSA) is 109 Å². The van der Waals surface area contributed by atoms with Gasteiger partial charge in [-0.15, -0.1) is 0 Å². The highest BCUT2D eigenvalue weighted by Crippen LogP contribution is 2.31. The summed E-state index contributed by atoms with van der Waals surface area (Å²) < 4.78 is 4.81.